The average Bonchev–Trinajstić information content (AvgIpc) is 2.77. The molecule has 3 aromatic rings. The number of hydrogen-bond donors (Lipinski definition) is 1. The van der Waals surface area contributed by atoms with Crippen LogP contribution in [0.15, 0.2) is 108 Å². The van der Waals surface area contributed by atoms with E-state index < -0.39 is 5.78 Å². The third-order valence-electron chi connectivity index (χ3n) is 4.57. The fourth-order valence-corrected chi connectivity index (χ4v) is 3.01. The Morgan fingerprint density at radius 2 is 1.61 bits per heavy atom. The number of fused-ring (bicyclic) bond motifs is 1. The Kier molecular flexibility index (Phi) is 7.06. The van der Waals surface area contributed by atoms with Crippen LogP contribution in [0.5, 0.6) is 0 Å². The van der Waals surface area contributed by atoms with Crippen molar-refractivity contribution in [1.29, 1.82) is 0 Å². The van der Waals surface area contributed by atoms with Crippen molar-refractivity contribution in [2.24, 2.45) is 10.3 Å². The zero-order valence-electron chi connectivity index (χ0n) is 17.4. The topological polar surface area (TPSA) is 74.1 Å². The Morgan fingerprint density at radius 1 is 0.935 bits per heavy atom. The lowest BCUT2D eigenvalue weighted by Crippen LogP contribution is -2.32. The average molecular weight is 412 g/mol. The standard InChI is InChI=1S/C25H24N4O2/c1-18(2)26-28-27-19(3)24(30)16-25(31)29(23-11-5-4-6-12-23)17-20-13-14-21-9-7-8-10-22(21)15-20/h4-15H,1,3,16-17H2,2H3,(H,26,27). The third kappa shape index (κ3) is 5.96. The van der Waals surface area contributed by atoms with Crippen LogP contribution in [0.2, 0.25) is 0 Å². The molecule has 0 heterocycles. The highest BCUT2D eigenvalue weighted by molar-refractivity contribution is 6.11. The summed E-state index contributed by atoms with van der Waals surface area (Å²) in [5, 5.41) is 9.56. The molecule has 156 valence electrons. The molecule has 3 aromatic carbocycles. The fourth-order valence-electron chi connectivity index (χ4n) is 3.01. The number of carbonyl (C=O) groups is 2. The SMILES string of the molecule is C=C(C)NN=NC(=C)C(=O)CC(=O)N(Cc1ccc2ccccc2c1)c1ccccc1. The summed E-state index contributed by atoms with van der Waals surface area (Å²) in [6, 6.07) is 23.4. The number of Topliss-reactive ketones (excluding diaryl/α,β-unsaturated/α-hetero) is 1. The molecule has 3 rings (SSSR count). The van der Waals surface area contributed by atoms with Crippen molar-refractivity contribution in [3.8, 4) is 0 Å². The highest BCUT2D eigenvalue weighted by atomic mass is 16.2. The Labute approximate surface area is 181 Å². The van der Waals surface area contributed by atoms with Gasteiger partial charge in [-0.3, -0.25) is 15.0 Å². The van der Waals surface area contributed by atoms with Crippen molar-refractivity contribution in [2.45, 2.75) is 19.9 Å². The largest absolute Gasteiger partial charge is 0.308 e. The summed E-state index contributed by atoms with van der Waals surface area (Å²) in [6.45, 7) is 9.27. The van der Waals surface area contributed by atoms with E-state index in [2.05, 4.69) is 35.0 Å². The maximum absolute atomic E-state index is 13.1. The lowest BCUT2D eigenvalue weighted by Gasteiger charge is -2.23. The number of nitrogens with one attached hydrogen (secondary N) is 1. The first kappa shape index (κ1) is 21.6. The van der Waals surface area contributed by atoms with Gasteiger partial charge in [-0.05, 0) is 41.5 Å². The zero-order valence-corrected chi connectivity index (χ0v) is 17.4. The van der Waals surface area contributed by atoms with Gasteiger partial charge in [0, 0.05) is 11.4 Å². The predicted molar refractivity (Wildman–Crippen MR) is 123 cm³/mol. The summed E-state index contributed by atoms with van der Waals surface area (Å²) in [5.41, 5.74) is 4.69. The second kappa shape index (κ2) is 10.1. The number of hydrogen-bond acceptors (Lipinski definition) is 4. The summed E-state index contributed by atoms with van der Waals surface area (Å²) < 4.78 is 0. The highest BCUT2D eigenvalue weighted by Crippen LogP contribution is 2.22. The Bertz CT molecular complexity index is 1150. The first-order valence-electron chi connectivity index (χ1n) is 9.81. The summed E-state index contributed by atoms with van der Waals surface area (Å²) in [5.74, 6) is -0.828. The molecule has 0 fully saturated rings. The van der Waals surface area contributed by atoms with E-state index in [1.165, 1.54) is 0 Å². The molecule has 0 spiro atoms. The summed E-state index contributed by atoms with van der Waals surface area (Å²) in [4.78, 5) is 27.1. The molecule has 0 atom stereocenters. The van der Waals surface area contributed by atoms with Crippen LogP contribution in [0.1, 0.15) is 18.9 Å². The van der Waals surface area contributed by atoms with Crippen LogP contribution in [0, 0.1) is 0 Å². The van der Waals surface area contributed by atoms with Crippen LogP contribution in [-0.2, 0) is 16.1 Å². The van der Waals surface area contributed by atoms with Crippen molar-refractivity contribution < 1.29 is 9.59 Å². The second-order valence-electron chi connectivity index (χ2n) is 7.14. The maximum Gasteiger partial charge on any atom is 0.235 e. The maximum atomic E-state index is 13.1. The van der Waals surface area contributed by atoms with Gasteiger partial charge in [-0.2, -0.15) is 0 Å². The van der Waals surface area contributed by atoms with E-state index in [0.717, 1.165) is 16.3 Å². The molecule has 0 unspecified atom stereocenters. The van der Waals surface area contributed by atoms with Crippen molar-refractivity contribution in [3.63, 3.8) is 0 Å². The number of ketones is 1. The second-order valence-corrected chi connectivity index (χ2v) is 7.14. The third-order valence-corrected chi connectivity index (χ3v) is 4.57. The number of carbonyl (C=O) groups excluding carboxylic acids is 2. The quantitative estimate of drug-likeness (QED) is 0.223. The minimum absolute atomic E-state index is 0.0965. The van der Waals surface area contributed by atoms with Crippen LogP contribution >= 0.6 is 0 Å². The number of nitrogens with zero attached hydrogens (tertiary/aromatic N) is 3. The lowest BCUT2D eigenvalue weighted by molar-refractivity contribution is -0.125. The molecule has 0 bridgehead atoms. The smallest absolute Gasteiger partial charge is 0.235 e. The monoisotopic (exact) mass is 412 g/mol. The summed E-state index contributed by atoms with van der Waals surface area (Å²) in [6.07, 6.45) is -0.354. The number of rotatable bonds is 9. The van der Waals surface area contributed by atoms with E-state index in [9.17, 15) is 9.59 Å². The first-order chi connectivity index (χ1) is 14.9. The van der Waals surface area contributed by atoms with Gasteiger partial charge in [-0.15, -0.1) is 5.11 Å². The van der Waals surface area contributed by atoms with Crippen LogP contribution in [0.3, 0.4) is 0 Å². The van der Waals surface area contributed by atoms with Gasteiger partial charge in [0.15, 0.2) is 5.78 Å². The van der Waals surface area contributed by atoms with Gasteiger partial charge in [-0.25, -0.2) is 0 Å². The highest BCUT2D eigenvalue weighted by Gasteiger charge is 2.21. The molecule has 6 nitrogen and oxygen atoms in total. The lowest BCUT2D eigenvalue weighted by atomic mass is 10.1. The van der Waals surface area contributed by atoms with E-state index in [1.807, 2.05) is 66.7 Å². The van der Waals surface area contributed by atoms with Gasteiger partial charge >= 0.3 is 0 Å². The van der Waals surface area contributed by atoms with E-state index in [4.69, 9.17) is 0 Å². The minimum atomic E-state index is -0.489. The molecule has 0 saturated heterocycles. The van der Waals surface area contributed by atoms with E-state index in [-0.39, 0.29) is 18.0 Å². The van der Waals surface area contributed by atoms with Crippen molar-refractivity contribution in [2.75, 3.05) is 4.90 Å². The van der Waals surface area contributed by atoms with E-state index >= 15 is 0 Å². The summed E-state index contributed by atoms with van der Waals surface area (Å²) >= 11 is 0. The molecule has 31 heavy (non-hydrogen) atoms. The molecule has 0 radical (unpaired) electrons. The molecule has 0 aliphatic heterocycles. The van der Waals surface area contributed by atoms with Gasteiger partial charge < -0.3 is 4.90 Å². The van der Waals surface area contributed by atoms with Crippen molar-refractivity contribution >= 4 is 28.2 Å². The van der Waals surface area contributed by atoms with Crippen LogP contribution < -0.4 is 10.3 Å². The summed E-state index contributed by atoms with van der Waals surface area (Å²) in [7, 11) is 0. The molecule has 0 aliphatic carbocycles. The van der Waals surface area contributed by atoms with Crippen LogP contribution in [0.25, 0.3) is 10.8 Å². The van der Waals surface area contributed by atoms with E-state index in [1.54, 1.807) is 11.8 Å². The molecule has 0 saturated carbocycles. The Balaban J connectivity index is 1.79. The molecule has 1 N–H and O–H groups in total. The van der Waals surface area contributed by atoms with Gasteiger partial charge in [-0.1, -0.05) is 73.0 Å². The van der Waals surface area contributed by atoms with Gasteiger partial charge in [0.1, 0.15) is 5.70 Å². The number of benzene rings is 3. The zero-order chi connectivity index (χ0) is 22.2. The van der Waals surface area contributed by atoms with Crippen LogP contribution in [-0.4, -0.2) is 11.7 Å². The fraction of sp³-hybridized carbons (Fsp3) is 0.120. The van der Waals surface area contributed by atoms with Crippen LogP contribution in [0.4, 0.5) is 5.69 Å². The van der Waals surface area contributed by atoms with Gasteiger partial charge in [0.2, 0.25) is 5.91 Å². The molecular formula is C25H24N4O2. The first-order valence-corrected chi connectivity index (χ1v) is 9.81. The van der Waals surface area contributed by atoms with Crippen molar-refractivity contribution in [1.82, 2.24) is 5.43 Å². The van der Waals surface area contributed by atoms with E-state index in [0.29, 0.717) is 17.9 Å². The van der Waals surface area contributed by atoms with Gasteiger partial charge in [0.25, 0.3) is 0 Å². The van der Waals surface area contributed by atoms with Crippen molar-refractivity contribution in [3.05, 3.63) is 103 Å². The number of anilines is 1. The van der Waals surface area contributed by atoms with Gasteiger partial charge in [0.05, 0.1) is 13.0 Å². The normalized spacial score (nSPS) is 10.7. The molecule has 0 aromatic heterocycles. The number of allylic oxidation sites excluding steroid dienone is 2. The Hall–Kier alpha value is -4.06. The number of amides is 1. The molecule has 0 aliphatic rings. The molecule has 1 amide bonds. The molecular weight excluding hydrogens is 388 g/mol. The number of para-hydroxylation sites is 1. The minimum Gasteiger partial charge on any atom is -0.308 e. The predicted octanol–water partition coefficient (Wildman–Crippen LogP) is 5.34. The molecule has 6 heteroatoms. The Morgan fingerprint density at radius 3 is 2.32 bits per heavy atom.